The molecule has 1 aliphatic rings. The molecule has 21 heavy (non-hydrogen) atoms. The molecule has 0 spiro atoms. The van der Waals surface area contributed by atoms with Crippen LogP contribution in [0.3, 0.4) is 0 Å². The molecule has 2 rings (SSSR count). The maximum absolute atomic E-state index is 12.2. The van der Waals surface area contributed by atoms with Crippen LogP contribution in [0.25, 0.3) is 0 Å². The van der Waals surface area contributed by atoms with Crippen LogP contribution in [0.5, 0.6) is 0 Å². The normalized spacial score (nSPS) is 15.7. The predicted octanol–water partition coefficient (Wildman–Crippen LogP) is 2.25. The van der Waals surface area contributed by atoms with Crippen LogP contribution in [0.1, 0.15) is 19.8 Å². The molecule has 1 fully saturated rings. The number of benzene rings is 1. The fourth-order valence-corrected chi connectivity index (χ4v) is 3.27. The Morgan fingerprint density at radius 1 is 1.05 bits per heavy atom. The van der Waals surface area contributed by atoms with Crippen LogP contribution in [0.2, 0.25) is 0 Å². The molecule has 0 atom stereocenters. The predicted molar refractivity (Wildman–Crippen MR) is 85.2 cm³/mol. The zero-order valence-electron chi connectivity index (χ0n) is 12.5. The zero-order valence-corrected chi connectivity index (χ0v) is 13.3. The molecule has 2 amide bonds. The van der Waals surface area contributed by atoms with Gasteiger partial charge in [-0.25, -0.2) is 0 Å². The molecular formula is C16H22N2O2S. The Balaban J connectivity index is 1.74. The van der Waals surface area contributed by atoms with E-state index in [4.69, 9.17) is 0 Å². The van der Waals surface area contributed by atoms with Crippen molar-refractivity contribution in [2.75, 3.05) is 31.9 Å². The summed E-state index contributed by atoms with van der Waals surface area (Å²) in [5, 5.41) is 0. The minimum Gasteiger partial charge on any atom is -0.341 e. The Morgan fingerprint density at radius 2 is 1.71 bits per heavy atom. The largest absolute Gasteiger partial charge is 0.341 e. The molecular weight excluding hydrogens is 284 g/mol. The Kier molecular flexibility index (Phi) is 6.11. The summed E-state index contributed by atoms with van der Waals surface area (Å²) < 4.78 is 0. The Hall–Kier alpha value is -1.49. The molecule has 0 bridgehead atoms. The van der Waals surface area contributed by atoms with Crippen molar-refractivity contribution in [2.45, 2.75) is 24.7 Å². The van der Waals surface area contributed by atoms with Gasteiger partial charge in [0, 0.05) is 50.2 Å². The van der Waals surface area contributed by atoms with Gasteiger partial charge in [-0.3, -0.25) is 9.59 Å². The average molecular weight is 306 g/mol. The number of hydrogen-bond acceptors (Lipinski definition) is 3. The van der Waals surface area contributed by atoms with E-state index in [-0.39, 0.29) is 11.8 Å². The summed E-state index contributed by atoms with van der Waals surface area (Å²) in [5.41, 5.74) is 0. The van der Waals surface area contributed by atoms with E-state index in [1.807, 2.05) is 28.0 Å². The summed E-state index contributed by atoms with van der Waals surface area (Å²) in [6.07, 6.45) is 1.43. The van der Waals surface area contributed by atoms with E-state index in [0.29, 0.717) is 19.5 Å². The summed E-state index contributed by atoms with van der Waals surface area (Å²) in [6, 6.07) is 10.1. The van der Waals surface area contributed by atoms with Crippen LogP contribution < -0.4 is 0 Å². The van der Waals surface area contributed by atoms with Crippen molar-refractivity contribution < 1.29 is 9.59 Å². The molecule has 1 saturated heterocycles. The van der Waals surface area contributed by atoms with E-state index >= 15 is 0 Å². The van der Waals surface area contributed by atoms with E-state index in [9.17, 15) is 9.59 Å². The number of nitrogens with zero attached hydrogens (tertiary/aromatic N) is 2. The zero-order chi connectivity index (χ0) is 15.1. The maximum Gasteiger partial charge on any atom is 0.223 e. The van der Waals surface area contributed by atoms with Crippen molar-refractivity contribution in [3.63, 3.8) is 0 Å². The summed E-state index contributed by atoms with van der Waals surface area (Å²) in [5.74, 6) is 1.10. The molecule has 1 aliphatic heterocycles. The minimum atomic E-state index is 0.101. The standard InChI is InChI=1S/C16H22N2O2S/c1-14(19)17-9-5-10-18(12-11-17)16(20)8-13-21-15-6-3-2-4-7-15/h2-4,6-7H,5,8-13H2,1H3. The molecule has 4 nitrogen and oxygen atoms in total. The van der Waals surface area contributed by atoms with Gasteiger partial charge < -0.3 is 9.80 Å². The molecule has 1 aromatic rings. The maximum atomic E-state index is 12.2. The van der Waals surface area contributed by atoms with Crippen molar-refractivity contribution >= 4 is 23.6 Å². The third kappa shape index (κ3) is 5.08. The lowest BCUT2D eigenvalue weighted by Gasteiger charge is -2.21. The van der Waals surface area contributed by atoms with Gasteiger partial charge in [0.15, 0.2) is 0 Å². The molecule has 0 aliphatic carbocycles. The summed E-state index contributed by atoms with van der Waals surface area (Å²) in [4.78, 5) is 28.5. The van der Waals surface area contributed by atoms with Crippen molar-refractivity contribution in [3.8, 4) is 0 Å². The van der Waals surface area contributed by atoms with E-state index in [1.54, 1.807) is 18.7 Å². The third-order valence-corrected chi connectivity index (χ3v) is 4.64. The molecule has 1 aromatic carbocycles. The number of rotatable bonds is 4. The van der Waals surface area contributed by atoms with Gasteiger partial charge in [-0.05, 0) is 18.6 Å². The van der Waals surface area contributed by atoms with Gasteiger partial charge in [0.1, 0.15) is 0 Å². The van der Waals surface area contributed by atoms with Crippen LogP contribution >= 0.6 is 11.8 Å². The third-order valence-electron chi connectivity index (χ3n) is 3.62. The van der Waals surface area contributed by atoms with Crippen LogP contribution in [0.15, 0.2) is 35.2 Å². The highest BCUT2D eigenvalue weighted by Gasteiger charge is 2.19. The lowest BCUT2D eigenvalue weighted by Crippen LogP contribution is -2.36. The molecule has 0 radical (unpaired) electrons. The number of carbonyl (C=O) groups excluding carboxylic acids is 2. The van der Waals surface area contributed by atoms with E-state index in [0.717, 1.165) is 25.3 Å². The van der Waals surface area contributed by atoms with Gasteiger partial charge in [0.25, 0.3) is 0 Å². The highest BCUT2D eigenvalue weighted by molar-refractivity contribution is 7.99. The fraction of sp³-hybridized carbons (Fsp3) is 0.500. The second kappa shape index (κ2) is 8.08. The quantitative estimate of drug-likeness (QED) is 0.801. The summed E-state index contributed by atoms with van der Waals surface area (Å²) in [6.45, 7) is 4.44. The van der Waals surface area contributed by atoms with Gasteiger partial charge in [0.2, 0.25) is 11.8 Å². The number of carbonyl (C=O) groups is 2. The number of thioether (sulfide) groups is 1. The molecule has 5 heteroatoms. The highest BCUT2D eigenvalue weighted by atomic mass is 32.2. The van der Waals surface area contributed by atoms with Crippen LogP contribution in [-0.4, -0.2) is 53.5 Å². The van der Waals surface area contributed by atoms with E-state index < -0.39 is 0 Å². The van der Waals surface area contributed by atoms with Crippen LogP contribution in [-0.2, 0) is 9.59 Å². The topological polar surface area (TPSA) is 40.6 Å². The van der Waals surface area contributed by atoms with Gasteiger partial charge >= 0.3 is 0 Å². The fourth-order valence-electron chi connectivity index (χ4n) is 2.41. The molecule has 0 unspecified atom stereocenters. The molecule has 114 valence electrons. The Labute approximate surface area is 130 Å². The van der Waals surface area contributed by atoms with Crippen molar-refractivity contribution in [1.82, 2.24) is 9.80 Å². The lowest BCUT2D eigenvalue weighted by molar-refractivity contribution is -0.132. The first kappa shape index (κ1) is 15.9. The first-order valence-corrected chi connectivity index (χ1v) is 8.36. The Bertz CT molecular complexity index is 478. The second-order valence-electron chi connectivity index (χ2n) is 5.15. The highest BCUT2D eigenvalue weighted by Crippen LogP contribution is 2.18. The van der Waals surface area contributed by atoms with Crippen LogP contribution in [0, 0.1) is 0 Å². The van der Waals surface area contributed by atoms with Crippen molar-refractivity contribution in [1.29, 1.82) is 0 Å². The van der Waals surface area contributed by atoms with Crippen molar-refractivity contribution in [3.05, 3.63) is 30.3 Å². The second-order valence-corrected chi connectivity index (χ2v) is 6.32. The van der Waals surface area contributed by atoms with Gasteiger partial charge in [-0.15, -0.1) is 11.8 Å². The smallest absolute Gasteiger partial charge is 0.223 e. The van der Waals surface area contributed by atoms with E-state index in [2.05, 4.69) is 12.1 Å². The van der Waals surface area contributed by atoms with Gasteiger partial charge in [-0.1, -0.05) is 18.2 Å². The van der Waals surface area contributed by atoms with E-state index in [1.165, 1.54) is 4.90 Å². The minimum absolute atomic E-state index is 0.101. The van der Waals surface area contributed by atoms with Crippen LogP contribution in [0.4, 0.5) is 0 Å². The van der Waals surface area contributed by atoms with Gasteiger partial charge in [-0.2, -0.15) is 0 Å². The average Bonchev–Trinajstić information content (AvgIpc) is 2.74. The number of amides is 2. The summed E-state index contributed by atoms with van der Waals surface area (Å²) in [7, 11) is 0. The first-order valence-electron chi connectivity index (χ1n) is 7.38. The molecule has 0 saturated carbocycles. The van der Waals surface area contributed by atoms with Gasteiger partial charge in [0.05, 0.1) is 0 Å². The SMILES string of the molecule is CC(=O)N1CCCN(C(=O)CCSc2ccccc2)CC1. The van der Waals surface area contributed by atoms with Crippen molar-refractivity contribution in [2.24, 2.45) is 0 Å². The molecule has 1 heterocycles. The molecule has 0 aromatic heterocycles. The lowest BCUT2D eigenvalue weighted by atomic mass is 10.3. The number of hydrogen-bond donors (Lipinski definition) is 0. The first-order chi connectivity index (χ1) is 10.2. The summed E-state index contributed by atoms with van der Waals surface area (Å²) >= 11 is 1.71. The monoisotopic (exact) mass is 306 g/mol. The molecule has 0 N–H and O–H groups in total. The Morgan fingerprint density at radius 3 is 2.43 bits per heavy atom.